The maximum absolute atomic E-state index is 12.8. The molecule has 3 rings (SSSR count). The first-order chi connectivity index (χ1) is 10.7. The van der Waals surface area contributed by atoms with Crippen LogP contribution in [0.15, 0.2) is 0 Å². The quantitative estimate of drug-likeness (QED) is 0.848. The second kappa shape index (κ2) is 7.28. The van der Waals surface area contributed by atoms with Crippen LogP contribution in [0, 0.1) is 5.92 Å². The summed E-state index contributed by atoms with van der Waals surface area (Å²) in [7, 11) is 0. The molecule has 0 bridgehead atoms. The summed E-state index contributed by atoms with van der Waals surface area (Å²) in [6.45, 7) is 10.0. The summed E-state index contributed by atoms with van der Waals surface area (Å²) in [5, 5.41) is 3.46. The molecule has 0 aliphatic carbocycles. The van der Waals surface area contributed by atoms with E-state index in [1.54, 1.807) is 0 Å². The van der Waals surface area contributed by atoms with Crippen molar-refractivity contribution in [3.05, 3.63) is 0 Å². The van der Waals surface area contributed by atoms with Gasteiger partial charge in [-0.2, -0.15) is 0 Å². The Kier molecular flexibility index (Phi) is 5.37. The summed E-state index contributed by atoms with van der Waals surface area (Å²) in [5.41, 5.74) is -0.310. The first-order valence-corrected chi connectivity index (χ1v) is 9.02. The summed E-state index contributed by atoms with van der Waals surface area (Å²) < 4.78 is 5.41. The number of hydrogen-bond donors (Lipinski definition) is 1. The van der Waals surface area contributed by atoms with E-state index in [0.717, 1.165) is 71.1 Å². The molecule has 1 amide bonds. The molecule has 0 saturated carbocycles. The molecule has 0 aromatic heterocycles. The van der Waals surface area contributed by atoms with Crippen molar-refractivity contribution in [2.45, 2.75) is 44.6 Å². The van der Waals surface area contributed by atoms with Crippen LogP contribution in [-0.4, -0.2) is 73.7 Å². The fraction of sp³-hybridized carbons (Fsp3) is 0.941. The monoisotopic (exact) mass is 309 g/mol. The maximum atomic E-state index is 12.8. The molecule has 0 aromatic rings. The topological polar surface area (TPSA) is 44.8 Å². The molecular formula is C17H31N3O2. The van der Waals surface area contributed by atoms with Gasteiger partial charge >= 0.3 is 0 Å². The van der Waals surface area contributed by atoms with Gasteiger partial charge in [-0.15, -0.1) is 0 Å². The van der Waals surface area contributed by atoms with Gasteiger partial charge in [-0.1, -0.05) is 0 Å². The smallest absolute Gasteiger partial charge is 0.242 e. The van der Waals surface area contributed by atoms with Gasteiger partial charge in [-0.05, 0) is 51.5 Å². The molecule has 1 unspecified atom stereocenters. The number of hydrogen-bond acceptors (Lipinski definition) is 4. The predicted molar refractivity (Wildman–Crippen MR) is 86.8 cm³/mol. The highest BCUT2D eigenvalue weighted by Crippen LogP contribution is 2.25. The lowest BCUT2D eigenvalue weighted by Crippen LogP contribution is -2.59. The van der Waals surface area contributed by atoms with Gasteiger partial charge < -0.3 is 15.0 Å². The molecule has 126 valence electrons. The van der Waals surface area contributed by atoms with Gasteiger partial charge in [0.05, 0.1) is 18.8 Å². The normalized spacial score (nSPS) is 32.1. The number of carbonyl (C=O) groups is 1. The summed E-state index contributed by atoms with van der Waals surface area (Å²) in [6, 6.07) is 0. The lowest BCUT2D eigenvalue weighted by molar-refractivity contribution is -0.140. The third kappa shape index (κ3) is 3.81. The van der Waals surface area contributed by atoms with Gasteiger partial charge in [-0.25, -0.2) is 0 Å². The number of morpholine rings is 1. The lowest BCUT2D eigenvalue weighted by Gasteiger charge is -2.41. The number of amides is 1. The third-order valence-electron chi connectivity index (χ3n) is 5.61. The van der Waals surface area contributed by atoms with Crippen molar-refractivity contribution < 1.29 is 9.53 Å². The highest BCUT2D eigenvalue weighted by Gasteiger charge is 2.38. The van der Waals surface area contributed by atoms with Crippen molar-refractivity contribution in [2.24, 2.45) is 5.92 Å². The minimum atomic E-state index is -0.310. The predicted octanol–water partition coefficient (Wildman–Crippen LogP) is 1.09. The van der Waals surface area contributed by atoms with E-state index in [9.17, 15) is 4.79 Å². The van der Waals surface area contributed by atoms with E-state index in [0.29, 0.717) is 5.91 Å². The zero-order valence-corrected chi connectivity index (χ0v) is 14.0. The average molecular weight is 309 g/mol. The number of piperidine rings is 2. The molecule has 5 nitrogen and oxygen atoms in total. The Labute approximate surface area is 134 Å². The van der Waals surface area contributed by atoms with Crippen LogP contribution in [-0.2, 0) is 9.53 Å². The van der Waals surface area contributed by atoms with Crippen LogP contribution in [0.4, 0.5) is 0 Å². The fourth-order valence-corrected chi connectivity index (χ4v) is 4.06. The number of carbonyl (C=O) groups excluding carboxylic acids is 1. The first-order valence-electron chi connectivity index (χ1n) is 9.02. The van der Waals surface area contributed by atoms with E-state index in [1.807, 2.05) is 0 Å². The minimum absolute atomic E-state index is 0.310. The second-order valence-corrected chi connectivity index (χ2v) is 7.36. The number of rotatable bonds is 3. The van der Waals surface area contributed by atoms with Crippen LogP contribution in [0.2, 0.25) is 0 Å². The Morgan fingerprint density at radius 2 is 1.91 bits per heavy atom. The standard InChI is InChI=1S/C17H31N3O2/c1-17(6-2-3-7-18-17)16(21)20-8-4-15(5-9-20)14-19-10-12-22-13-11-19/h15,18H,2-14H2,1H3. The van der Waals surface area contributed by atoms with Crippen molar-refractivity contribution >= 4 is 5.91 Å². The highest BCUT2D eigenvalue weighted by molar-refractivity contribution is 5.86. The molecular weight excluding hydrogens is 278 g/mol. The van der Waals surface area contributed by atoms with Crippen LogP contribution in [0.3, 0.4) is 0 Å². The third-order valence-corrected chi connectivity index (χ3v) is 5.61. The number of ether oxygens (including phenoxy) is 1. The van der Waals surface area contributed by atoms with Crippen LogP contribution in [0.25, 0.3) is 0 Å². The van der Waals surface area contributed by atoms with E-state index in [4.69, 9.17) is 4.74 Å². The molecule has 0 spiro atoms. The number of nitrogens with zero attached hydrogens (tertiary/aromatic N) is 2. The maximum Gasteiger partial charge on any atom is 0.242 e. The summed E-state index contributed by atoms with van der Waals surface area (Å²) >= 11 is 0. The average Bonchev–Trinajstić information content (AvgIpc) is 2.56. The van der Waals surface area contributed by atoms with E-state index >= 15 is 0 Å². The zero-order valence-electron chi connectivity index (χ0n) is 14.0. The summed E-state index contributed by atoms with van der Waals surface area (Å²) in [5.74, 6) is 1.08. The lowest BCUT2D eigenvalue weighted by atomic mass is 9.88. The molecule has 3 aliphatic rings. The van der Waals surface area contributed by atoms with Gasteiger partial charge in [0.1, 0.15) is 0 Å². The van der Waals surface area contributed by atoms with E-state index in [-0.39, 0.29) is 5.54 Å². The number of nitrogens with one attached hydrogen (secondary N) is 1. The van der Waals surface area contributed by atoms with Gasteiger partial charge in [0.2, 0.25) is 5.91 Å². The van der Waals surface area contributed by atoms with Gasteiger partial charge in [0.25, 0.3) is 0 Å². The second-order valence-electron chi connectivity index (χ2n) is 7.36. The van der Waals surface area contributed by atoms with Crippen LogP contribution in [0.1, 0.15) is 39.0 Å². The summed E-state index contributed by atoms with van der Waals surface area (Å²) in [4.78, 5) is 17.4. The van der Waals surface area contributed by atoms with Gasteiger partial charge in [0, 0.05) is 32.7 Å². The number of likely N-dealkylation sites (tertiary alicyclic amines) is 1. The van der Waals surface area contributed by atoms with Crippen molar-refractivity contribution in [1.82, 2.24) is 15.1 Å². The van der Waals surface area contributed by atoms with Crippen molar-refractivity contribution in [1.29, 1.82) is 0 Å². The van der Waals surface area contributed by atoms with Crippen LogP contribution in [0.5, 0.6) is 0 Å². The molecule has 0 radical (unpaired) electrons. The Bertz CT molecular complexity index is 368. The molecule has 3 aliphatic heterocycles. The fourth-order valence-electron chi connectivity index (χ4n) is 4.06. The van der Waals surface area contributed by atoms with Gasteiger partial charge in [-0.3, -0.25) is 9.69 Å². The Hall–Kier alpha value is -0.650. The Balaban J connectivity index is 1.45. The Morgan fingerprint density at radius 1 is 1.18 bits per heavy atom. The van der Waals surface area contributed by atoms with Gasteiger partial charge in [0.15, 0.2) is 0 Å². The van der Waals surface area contributed by atoms with Crippen molar-refractivity contribution in [2.75, 3.05) is 52.5 Å². The zero-order chi connectivity index (χ0) is 15.4. The molecule has 3 fully saturated rings. The Morgan fingerprint density at radius 3 is 2.55 bits per heavy atom. The molecule has 0 aromatic carbocycles. The van der Waals surface area contributed by atoms with Crippen LogP contribution >= 0.6 is 0 Å². The highest BCUT2D eigenvalue weighted by atomic mass is 16.5. The largest absolute Gasteiger partial charge is 0.379 e. The SMILES string of the molecule is CC1(C(=O)N2CCC(CN3CCOCC3)CC2)CCCCN1. The van der Waals surface area contributed by atoms with Crippen molar-refractivity contribution in [3.63, 3.8) is 0 Å². The molecule has 3 saturated heterocycles. The molecule has 1 atom stereocenters. The molecule has 5 heteroatoms. The van der Waals surface area contributed by atoms with Crippen molar-refractivity contribution in [3.8, 4) is 0 Å². The molecule has 22 heavy (non-hydrogen) atoms. The molecule has 1 N–H and O–H groups in total. The van der Waals surface area contributed by atoms with E-state index in [2.05, 4.69) is 22.0 Å². The first kappa shape index (κ1) is 16.2. The van der Waals surface area contributed by atoms with E-state index < -0.39 is 0 Å². The minimum Gasteiger partial charge on any atom is -0.379 e. The van der Waals surface area contributed by atoms with E-state index in [1.165, 1.54) is 19.4 Å². The van der Waals surface area contributed by atoms with Crippen LogP contribution < -0.4 is 5.32 Å². The molecule has 3 heterocycles. The summed E-state index contributed by atoms with van der Waals surface area (Å²) in [6.07, 6.45) is 5.66.